The quantitative estimate of drug-likeness (QED) is 0.923. The number of pyridine rings is 1. The van der Waals surface area contributed by atoms with Crippen molar-refractivity contribution < 1.29 is 4.79 Å². The topological polar surface area (TPSA) is 66.9 Å². The van der Waals surface area contributed by atoms with Crippen LogP contribution in [0.3, 0.4) is 0 Å². The molecule has 6 nitrogen and oxygen atoms in total. The fourth-order valence-electron chi connectivity index (χ4n) is 2.99. The van der Waals surface area contributed by atoms with Gasteiger partial charge in [-0.3, -0.25) is 9.69 Å². The molecule has 0 aliphatic carbocycles. The van der Waals surface area contributed by atoms with Crippen LogP contribution in [0.4, 0.5) is 0 Å². The third-order valence-corrected chi connectivity index (χ3v) is 4.68. The van der Waals surface area contributed by atoms with E-state index < -0.39 is 6.04 Å². The van der Waals surface area contributed by atoms with E-state index in [4.69, 9.17) is 5.73 Å². The van der Waals surface area contributed by atoms with Gasteiger partial charge in [0.15, 0.2) is 0 Å². The molecule has 1 aliphatic rings. The first-order valence-electron chi connectivity index (χ1n) is 8.54. The Bertz CT molecular complexity index is 677. The molecule has 0 bridgehead atoms. The number of hydrogen-bond donors (Lipinski definition) is 1. The van der Waals surface area contributed by atoms with Crippen molar-refractivity contribution in [2.75, 3.05) is 26.2 Å². The molecule has 6 heteroatoms. The van der Waals surface area contributed by atoms with Crippen LogP contribution >= 0.6 is 0 Å². The number of fused-ring (bicyclic) bond motifs is 1. The van der Waals surface area contributed by atoms with Crippen molar-refractivity contribution in [3.05, 3.63) is 36.3 Å². The second-order valence-electron chi connectivity index (χ2n) is 7.64. The normalized spacial score (nSPS) is 18.1. The number of amides is 1. The van der Waals surface area contributed by atoms with Crippen molar-refractivity contribution in [3.63, 3.8) is 0 Å². The third kappa shape index (κ3) is 3.60. The highest BCUT2D eigenvalue weighted by Gasteiger charge is 2.32. The number of aromatic nitrogens is 2. The summed E-state index contributed by atoms with van der Waals surface area (Å²) in [5, 5.41) is 0. The van der Waals surface area contributed by atoms with Crippen molar-refractivity contribution in [1.82, 2.24) is 19.2 Å². The van der Waals surface area contributed by atoms with Crippen molar-refractivity contribution in [3.8, 4) is 0 Å². The smallest absolute Gasteiger partial charge is 0.240 e. The lowest BCUT2D eigenvalue weighted by Gasteiger charge is -2.38. The van der Waals surface area contributed by atoms with Crippen LogP contribution in [-0.4, -0.2) is 57.3 Å². The SMILES string of the molecule is CC(C)(C)[C@H](N)C(=O)N1CCN(Cc2cn3ccccc3n2)CC1. The van der Waals surface area contributed by atoms with E-state index in [1.165, 1.54) is 0 Å². The summed E-state index contributed by atoms with van der Waals surface area (Å²) in [6.45, 7) is 10.0. The summed E-state index contributed by atoms with van der Waals surface area (Å²) in [6, 6.07) is 5.56. The molecule has 2 aromatic rings. The Morgan fingerprint density at radius 2 is 1.96 bits per heavy atom. The number of nitrogens with zero attached hydrogens (tertiary/aromatic N) is 4. The zero-order valence-corrected chi connectivity index (χ0v) is 14.8. The van der Waals surface area contributed by atoms with Gasteiger partial charge in [0.25, 0.3) is 0 Å². The maximum atomic E-state index is 12.5. The zero-order chi connectivity index (χ0) is 17.3. The fourth-order valence-corrected chi connectivity index (χ4v) is 2.99. The molecule has 24 heavy (non-hydrogen) atoms. The molecule has 2 N–H and O–H groups in total. The van der Waals surface area contributed by atoms with Crippen LogP contribution in [0.5, 0.6) is 0 Å². The summed E-state index contributed by atoms with van der Waals surface area (Å²) in [5.74, 6) is 0.0647. The summed E-state index contributed by atoms with van der Waals surface area (Å²) in [4.78, 5) is 21.4. The first kappa shape index (κ1) is 16.9. The molecule has 1 amide bonds. The van der Waals surface area contributed by atoms with Gasteiger partial charge in [0.2, 0.25) is 5.91 Å². The van der Waals surface area contributed by atoms with E-state index in [1.54, 1.807) is 0 Å². The lowest BCUT2D eigenvalue weighted by molar-refractivity contribution is -0.136. The molecule has 3 rings (SSSR count). The zero-order valence-electron chi connectivity index (χ0n) is 14.8. The number of carbonyl (C=O) groups is 1. The second-order valence-corrected chi connectivity index (χ2v) is 7.64. The van der Waals surface area contributed by atoms with Gasteiger partial charge in [0.1, 0.15) is 5.65 Å². The standard InChI is InChI=1S/C18H27N5O/c1-18(2,3)16(19)17(24)22-10-8-21(9-11-22)12-14-13-23-7-5-4-6-15(23)20-14/h4-7,13,16H,8-12,19H2,1-3H3/t16-/m1/s1. The monoisotopic (exact) mass is 329 g/mol. The Hall–Kier alpha value is -1.92. The third-order valence-electron chi connectivity index (χ3n) is 4.68. The Morgan fingerprint density at radius 3 is 2.58 bits per heavy atom. The van der Waals surface area contributed by atoms with E-state index in [0.717, 1.165) is 44.1 Å². The molecular formula is C18H27N5O. The summed E-state index contributed by atoms with van der Waals surface area (Å²) in [5.41, 5.74) is 7.94. The molecule has 0 spiro atoms. The molecule has 3 heterocycles. The summed E-state index contributed by atoms with van der Waals surface area (Å²) < 4.78 is 2.04. The maximum absolute atomic E-state index is 12.5. The molecule has 1 saturated heterocycles. The van der Waals surface area contributed by atoms with Crippen LogP contribution in [0.25, 0.3) is 5.65 Å². The van der Waals surface area contributed by atoms with Gasteiger partial charge in [0, 0.05) is 45.1 Å². The molecule has 0 aromatic carbocycles. The molecule has 0 unspecified atom stereocenters. The van der Waals surface area contributed by atoms with Gasteiger partial charge in [-0.1, -0.05) is 26.8 Å². The largest absolute Gasteiger partial charge is 0.339 e. The number of nitrogens with two attached hydrogens (primary N) is 1. The second kappa shape index (κ2) is 6.53. The number of rotatable bonds is 3. The van der Waals surface area contributed by atoms with Crippen LogP contribution in [0.1, 0.15) is 26.5 Å². The van der Waals surface area contributed by atoms with Gasteiger partial charge in [-0.2, -0.15) is 0 Å². The molecular weight excluding hydrogens is 302 g/mol. The van der Waals surface area contributed by atoms with Gasteiger partial charge in [-0.25, -0.2) is 4.98 Å². The minimum absolute atomic E-state index is 0.0647. The molecule has 1 fully saturated rings. The Morgan fingerprint density at radius 1 is 1.25 bits per heavy atom. The van der Waals surface area contributed by atoms with Crippen LogP contribution < -0.4 is 5.73 Å². The van der Waals surface area contributed by atoms with Gasteiger partial charge >= 0.3 is 0 Å². The average Bonchev–Trinajstić information content (AvgIpc) is 2.95. The molecule has 0 radical (unpaired) electrons. The minimum atomic E-state index is -0.442. The molecule has 1 atom stereocenters. The lowest BCUT2D eigenvalue weighted by atomic mass is 9.86. The highest BCUT2D eigenvalue weighted by atomic mass is 16.2. The van der Waals surface area contributed by atoms with Gasteiger partial charge < -0.3 is 15.0 Å². The number of carbonyl (C=O) groups excluding carboxylic acids is 1. The minimum Gasteiger partial charge on any atom is -0.339 e. The molecule has 0 saturated carbocycles. The molecule has 2 aromatic heterocycles. The van der Waals surface area contributed by atoms with E-state index in [2.05, 4.69) is 16.1 Å². The van der Waals surface area contributed by atoms with Crippen LogP contribution in [0.15, 0.2) is 30.6 Å². The predicted octanol–water partition coefficient (Wildman–Crippen LogP) is 1.35. The van der Waals surface area contributed by atoms with Crippen molar-refractivity contribution in [2.45, 2.75) is 33.4 Å². The van der Waals surface area contributed by atoms with Crippen LogP contribution in [0.2, 0.25) is 0 Å². The first-order chi connectivity index (χ1) is 11.3. The van der Waals surface area contributed by atoms with Crippen LogP contribution in [-0.2, 0) is 11.3 Å². The van der Waals surface area contributed by atoms with Crippen molar-refractivity contribution in [2.24, 2.45) is 11.1 Å². The van der Waals surface area contributed by atoms with E-state index in [9.17, 15) is 4.79 Å². The van der Waals surface area contributed by atoms with Crippen molar-refractivity contribution >= 4 is 11.6 Å². The Kier molecular flexibility index (Phi) is 4.60. The van der Waals surface area contributed by atoms with Crippen LogP contribution in [0, 0.1) is 5.41 Å². The molecule has 130 valence electrons. The number of imidazole rings is 1. The number of piperazine rings is 1. The number of hydrogen-bond acceptors (Lipinski definition) is 4. The Balaban J connectivity index is 1.56. The highest BCUT2D eigenvalue weighted by Crippen LogP contribution is 2.20. The van der Waals surface area contributed by atoms with Gasteiger partial charge in [-0.05, 0) is 17.5 Å². The van der Waals surface area contributed by atoms with E-state index in [-0.39, 0.29) is 11.3 Å². The summed E-state index contributed by atoms with van der Waals surface area (Å²) in [6.07, 6.45) is 4.08. The van der Waals surface area contributed by atoms with E-state index in [0.29, 0.717) is 0 Å². The van der Waals surface area contributed by atoms with Crippen molar-refractivity contribution in [1.29, 1.82) is 0 Å². The summed E-state index contributed by atoms with van der Waals surface area (Å²) >= 11 is 0. The predicted molar refractivity (Wildman–Crippen MR) is 94.5 cm³/mol. The van der Waals surface area contributed by atoms with Gasteiger partial charge in [0.05, 0.1) is 11.7 Å². The van der Waals surface area contributed by atoms with E-state index in [1.807, 2.05) is 54.5 Å². The fraction of sp³-hybridized carbons (Fsp3) is 0.556. The average molecular weight is 329 g/mol. The maximum Gasteiger partial charge on any atom is 0.240 e. The lowest BCUT2D eigenvalue weighted by Crippen LogP contribution is -2.56. The molecule has 1 aliphatic heterocycles. The summed E-state index contributed by atoms with van der Waals surface area (Å²) in [7, 11) is 0. The highest BCUT2D eigenvalue weighted by molar-refractivity contribution is 5.82. The Labute approximate surface area is 143 Å². The van der Waals surface area contributed by atoms with Gasteiger partial charge in [-0.15, -0.1) is 0 Å². The van der Waals surface area contributed by atoms with E-state index >= 15 is 0 Å². The first-order valence-corrected chi connectivity index (χ1v) is 8.54.